The lowest BCUT2D eigenvalue weighted by atomic mass is 9.83. The van der Waals surface area contributed by atoms with Crippen LogP contribution in [0, 0.1) is 12.8 Å². The molecule has 1 amide bonds. The van der Waals surface area contributed by atoms with Crippen LogP contribution in [0.3, 0.4) is 0 Å². The quantitative estimate of drug-likeness (QED) is 0.406. The van der Waals surface area contributed by atoms with E-state index >= 15 is 0 Å². The molecule has 1 fully saturated rings. The van der Waals surface area contributed by atoms with Crippen molar-refractivity contribution in [2.75, 3.05) is 0 Å². The van der Waals surface area contributed by atoms with Gasteiger partial charge < -0.3 is 5.32 Å². The van der Waals surface area contributed by atoms with E-state index in [1.807, 2.05) is 18.2 Å². The van der Waals surface area contributed by atoms with Gasteiger partial charge in [0.05, 0.1) is 23.5 Å². The monoisotopic (exact) mass is 448 g/mol. The van der Waals surface area contributed by atoms with Gasteiger partial charge in [0.2, 0.25) is 0 Å². The first-order valence-electron chi connectivity index (χ1n) is 11.1. The number of hydrogen-bond donors (Lipinski definition) is 3. The van der Waals surface area contributed by atoms with Gasteiger partial charge in [0.25, 0.3) is 11.5 Å². The lowest BCUT2D eigenvalue weighted by Gasteiger charge is -2.28. The van der Waals surface area contributed by atoms with Gasteiger partial charge in [-0.15, -0.1) is 0 Å². The first-order valence-corrected chi connectivity index (χ1v) is 11.1. The summed E-state index contributed by atoms with van der Waals surface area (Å²) in [5, 5.41) is 26.0. The van der Waals surface area contributed by atoms with Crippen molar-refractivity contribution in [2.45, 2.75) is 51.5 Å². The molecule has 0 unspecified atom stereocenters. The number of aromatic nitrogens is 7. The van der Waals surface area contributed by atoms with Gasteiger partial charge in [-0.05, 0) is 36.9 Å². The minimum atomic E-state index is -0.362. The number of amides is 1. The number of carbonyl (C=O) groups is 1. The standard InChI is InChI=1S/C22H24N8O3/c1-12-18(30-33-29-12)22(32)24-19(13-7-3-2-4-8-13)20-23-17(26-27-20)11-16-14-9-5-6-10-15(14)21(31)28-25-16/h5-6,9-10,13,19H,2-4,7-8,11H2,1H3,(H,24,32)(H,28,31)(H,23,26,27)/t19-/m0/s1. The summed E-state index contributed by atoms with van der Waals surface area (Å²) in [5.74, 6) is 0.986. The third kappa shape index (κ3) is 4.26. The third-order valence-corrected chi connectivity index (χ3v) is 6.21. The molecule has 0 radical (unpaired) electrons. The van der Waals surface area contributed by atoms with Gasteiger partial charge in [-0.1, -0.05) is 42.6 Å². The molecule has 11 nitrogen and oxygen atoms in total. The molecule has 170 valence electrons. The normalized spacial score (nSPS) is 15.5. The lowest BCUT2D eigenvalue weighted by Crippen LogP contribution is -2.35. The van der Waals surface area contributed by atoms with E-state index < -0.39 is 0 Å². The summed E-state index contributed by atoms with van der Waals surface area (Å²) in [6.07, 6.45) is 5.72. The fourth-order valence-corrected chi connectivity index (χ4v) is 4.50. The van der Waals surface area contributed by atoms with Crippen LogP contribution >= 0.6 is 0 Å². The molecule has 0 bridgehead atoms. The number of aromatic amines is 2. The van der Waals surface area contributed by atoms with Crippen LogP contribution in [0.15, 0.2) is 33.7 Å². The molecule has 11 heteroatoms. The van der Waals surface area contributed by atoms with Gasteiger partial charge in [-0.25, -0.2) is 14.7 Å². The van der Waals surface area contributed by atoms with Crippen LogP contribution in [0.1, 0.15) is 71.7 Å². The molecular weight excluding hydrogens is 424 g/mol. The molecule has 1 aromatic carbocycles. The number of nitrogens with zero attached hydrogens (tertiary/aromatic N) is 5. The summed E-state index contributed by atoms with van der Waals surface area (Å²) >= 11 is 0. The molecule has 3 N–H and O–H groups in total. The Morgan fingerprint density at radius 2 is 1.91 bits per heavy atom. The zero-order valence-electron chi connectivity index (χ0n) is 18.2. The van der Waals surface area contributed by atoms with E-state index in [4.69, 9.17) is 4.98 Å². The van der Waals surface area contributed by atoms with Crippen molar-refractivity contribution in [3.05, 3.63) is 63.3 Å². The van der Waals surface area contributed by atoms with Crippen molar-refractivity contribution in [1.82, 2.24) is 41.0 Å². The Bertz CT molecular complexity index is 1330. The Hall–Kier alpha value is -3.89. The summed E-state index contributed by atoms with van der Waals surface area (Å²) in [5.41, 5.74) is 1.05. The van der Waals surface area contributed by atoms with E-state index in [0.29, 0.717) is 34.8 Å². The van der Waals surface area contributed by atoms with E-state index in [1.54, 1.807) is 13.0 Å². The third-order valence-electron chi connectivity index (χ3n) is 6.21. The largest absolute Gasteiger partial charge is 0.340 e. The number of nitrogens with one attached hydrogen (secondary N) is 3. The molecule has 5 rings (SSSR count). The maximum atomic E-state index is 12.8. The van der Waals surface area contributed by atoms with E-state index in [0.717, 1.165) is 31.1 Å². The number of H-pyrrole nitrogens is 2. The Morgan fingerprint density at radius 3 is 2.67 bits per heavy atom. The zero-order valence-corrected chi connectivity index (χ0v) is 18.2. The zero-order chi connectivity index (χ0) is 22.8. The summed E-state index contributed by atoms with van der Waals surface area (Å²) in [7, 11) is 0. The molecule has 0 saturated heterocycles. The molecule has 1 saturated carbocycles. The van der Waals surface area contributed by atoms with Crippen molar-refractivity contribution in [1.29, 1.82) is 0 Å². The number of fused-ring (bicyclic) bond motifs is 1. The Kier molecular flexibility index (Phi) is 5.68. The first-order chi connectivity index (χ1) is 16.1. The highest BCUT2D eigenvalue weighted by Crippen LogP contribution is 2.33. The van der Waals surface area contributed by atoms with E-state index in [9.17, 15) is 9.59 Å². The van der Waals surface area contributed by atoms with Gasteiger partial charge in [0.1, 0.15) is 11.5 Å². The SMILES string of the molecule is Cc1nonc1C(=O)N[C@H](c1n[nH]c(Cc2n[nH]c(=O)c3ccccc23)n1)C1CCCCC1. The fraction of sp³-hybridized carbons (Fsp3) is 0.409. The number of hydrogen-bond acceptors (Lipinski definition) is 8. The molecule has 1 aliphatic rings. The highest BCUT2D eigenvalue weighted by atomic mass is 16.6. The van der Waals surface area contributed by atoms with E-state index in [-0.39, 0.29) is 29.1 Å². The minimum Gasteiger partial charge on any atom is -0.340 e. The summed E-state index contributed by atoms with van der Waals surface area (Å²) in [6, 6.07) is 6.95. The smallest absolute Gasteiger partial charge is 0.276 e. The number of benzene rings is 1. The predicted molar refractivity (Wildman–Crippen MR) is 117 cm³/mol. The summed E-state index contributed by atoms with van der Waals surface area (Å²) < 4.78 is 4.68. The second-order valence-electron chi connectivity index (χ2n) is 8.41. The van der Waals surface area contributed by atoms with Crippen LogP contribution in [0.4, 0.5) is 0 Å². The van der Waals surface area contributed by atoms with Crippen molar-refractivity contribution in [3.63, 3.8) is 0 Å². The molecule has 1 aliphatic carbocycles. The van der Waals surface area contributed by atoms with Crippen LogP contribution in [0.2, 0.25) is 0 Å². The molecule has 1 atom stereocenters. The summed E-state index contributed by atoms with van der Waals surface area (Å²) in [4.78, 5) is 29.6. The molecule has 0 spiro atoms. The van der Waals surface area contributed by atoms with Crippen LogP contribution in [-0.2, 0) is 6.42 Å². The molecular formula is C22H24N8O3. The second kappa shape index (κ2) is 8.93. The van der Waals surface area contributed by atoms with Crippen molar-refractivity contribution in [3.8, 4) is 0 Å². The highest BCUT2D eigenvalue weighted by molar-refractivity contribution is 5.93. The van der Waals surface area contributed by atoms with Gasteiger partial charge in [0.15, 0.2) is 11.5 Å². The van der Waals surface area contributed by atoms with Gasteiger partial charge >= 0.3 is 0 Å². The number of aryl methyl sites for hydroxylation is 1. The van der Waals surface area contributed by atoms with Crippen molar-refractivity contribution < 1.29 is 9.42 Å². The maximum absolute atomic E-state index is 12.8. The Morgan fingerprint density at radius 1 is 1.12 bits per heavy atom. The van der Waals surface area contributed by atoms with Gasteiger partial charge in [-0.2, -0.15) is 10.2 Å². The number of carbonyl (C=O) groups excluding carboxylic acids is 1. The molecule has 4 aromatic rings. The minimum absolute atomic E-state index is 0.162. The van der Waals surface area contributed by atoms with Crippen LogP contribution < -0.4 is 10.9 Å². The van der Waals surface area contributed by atoms with E-state index in [1.165, 1.54) is 6.42 Å². The average molecular weight is 448 g/mol. The van der Waals surface area contributed by atoms with E-state index in [2.05, 4.69) is 40.7 Å². The average Bonchev–Trinajstić information content (AvgIpc) is 3.49. The topological polar surface area (TPSA) is 155 Å². The maximum Gasteiger partial charge on any atom is 0.276 e. The van der Waals surface area contributed by atoms with Crippen molar-refractivity contribution in [2.24, 2.45) is 5.92 Å². The molecule has 0 aliphatic heterocycles. The molecule has 3 aromatic heterocycles. The highest BCUT2D eigenvalue weighted by Gasteiger charge is 2.31. The van der Waals surface area contributed by atoms with Crippen LogP contribution in [0.5, 0.6) is 0 Å². The van der Waals surface area contributed by atoms with Crippen LogP contribution in [0.25, 0.3) is 10.8 Å². The summed E-state index contributed by atoms with van der Waals surface area (Å²) in [6.45, 7) is 1.67. The predicted octanol–water partition coefficient (Wildman–Crippen LogP) is 2.37. The van der Waals surface area contributed by atoms with Crippen molar-refractivity contribution >= 4 is 16.7 Å². The molecule has 3 heterocycles. The fourth-order valence-electron chi connectivity index (χ4n) is 4.50. The Balaban J connectivity index is 1.42. The first kappa shape index (κ1) is 21.0. The lowest BCUT2D eigenvalue weighted by molar-refractivity contribution is 0.0898. The Labute approximate surface area is 188 Å². The second-order valence-corrected chi connectivity index (χ2v) is 8.41. The molecule has 33 heavy (non-hydrogen) atoms. The van der Waals surface area contributed by atoms with Gasteiger partial charge in [-0.3, -0.25) is 14.7 Å². The van der Waals surface area contributed by atoms with Gasteiger partial charge in [0, 0.05) is 5.39 Å². The number of rotatable bonds is 6. The van der Waals surface area contributed by atoms with Crippen LogP contribution in [-0.4, -0.2) is 41.6 Å².